The Hall–Kier alpha value is -5.81. The van der Waals surface area contributed by atoms with Gasteiger partial charge in [0.05, 0.1) is 33.2 Å². The number of likely N-dealkylation sites (tertiary alicyclic amines) is 1. The summed E-state index contributed by atoms with van der Waals surface area (Å²) in [7, 11) is -4.58. The van der Waals surface area contributed by atoms with Gasteiger partial charge in [0.25, 0.3) is 15.9 Å². The van der Waals surface area contributed by atoms with Gasteiger partial charge in [-0.25, -0.2) is 23.1 Å². The molecule has 0 atom stereocenters. The number of nitro groups is 1. The number of carbonyl (C=O) groups is 1. The molecule has 10 rings (SSSR count). The molecule has 2 N–H and O–H groups in total. The van der Waals surface area contributed by atoms with Crippen molar-refractivity contribution >= 4 is 66.5 Å². The van der Waals surface area contributed by atoms with Crippen molar-refractivity contribution in [2.45, 2.75) is 69.7 Å². The van der Waals surface area contributed by atoms with Crippen LogP contribution in [0.4, 0.5) is 11.4 Å². The van der Waals surface area contributed by atoms with Crippen LogP contribution in [0.15, 0.2) is 95.7 Å². The highest BCUT2D eigenvalue weighted by Gasteiger charge is 2.33. The summed E-state index contributed by atoms with van der Waals surface area (Å²) < 4.78 is 37.7. The van der Waals surface area contributed by atoms with Crippen LogP contribution >= 0.6 is 11.6 Å². The van der Waals surface area contributed by atoms with Gasteiger partial charge in [-0.2, -0.15) is 0 Å². The second-order valence-corrected chi connectivity index (χ2v) is 21.2. The maximum Gasteiger partial charge on any atom is 0.312 e. The van der Waals surface area contributed by atoms with Crippen molar-refractivity contribution in [3.63, 3.8) is 0 Å². The maximum absolute atomic E-state index is 14.3. The molecule has 15 nitrogen and oxygen atoms in total. The summed E-state index contributed by atoms with van der Waals surface area (Å²) in [6.07, 6.45) is 11.0. The molecule has 0 unspecified atom stereocenters. The van der Waals surface area contributed by atoms with Crippen LogP contribution in [0.2, 0.25) is 5.02 Å². The Morgan fingerprint density at radius 2 is 1.74 bits per heavy atom. The molecular weight excluding hydrogens is 878 g/mol. The highest BCUT2D eigenvalue weighted by Crippen LogP contribution is 2.43. The van der Waals surface area contributed by atoms with Crippen molar-refractivity contribution in [1.29, 1.82) is 0 Å². The second-order valence-electron chi connectivity index (χ2n) is 19.1. The smallest absolute Gasteiger partial charge is 0.312 e. The van der Waals surface area contributed by atoms with Crippen LogP contribution in [0.1, 0.15) is 74.7 Å². The van der Waals surface area contributed by atoms with Gasteiger partial charge in [0.1, 0.15) is 5.52 Å². The number of benzene rings is 3. The minimum Gasteiger partial charge on any atom is -0.487 e. The Kier molecular flexibility index (Phi) is 11.9. The van der Waals surface area contributed by atoms with Crippen LogP contribution in [0, 0.1) is 21.4 Å². The van der Waals surface area contributed by atoms with E-state index < -0.39 is 31.4 Å². The summed E-state index contributed by atoms with van der Waals surface area (Å²) in [5, 5.41) is 17.0. The van der Waals surface area contributed by atoms with Crippen molar-refractivity contribution in [3.05, 3.63) is 117 Å². The molecule has 1 saturated carbocycles. The molecule has 0 bridgehead atoms. The molecule has 2 saturated heterocycles. The minimum atomic E-state index is -4.58. The van der Waals surface area contributed by atoms with E-state index in [0.29, 0.717) is 35.0 Å². The second kappa shape index (κ2) is 17.8. The number of allylic oxidation sites excluding steroid dienone is 1. The van der Waals surface area contributed by atoms with E-state index in [0.717, 1.165) is 100 Å². The van der Waals surface area contributed by atoms with E-state index in [4.69, 9.17) is 21.3 Å². The molecule has 2 aliphatic heterocycles. The lowest BCUT2D eigenvalue weighted by atomic mass is 9.72. The molecule has 3 aromatic carbocycles. The molecule has 3 fully saturated rings. The summed E-state index contributed by atoms with van der Waals surface area (Å²) in [6.45, 7) is 11.0. The van der Waals surface area contributed by atoms with E-state index in [1.807, 2.05) is 36.4 Å². The monoisotopic (exact) mass is 931 g/mol. The zero-order chi connectivity index (χ0) is 45.7. The van der Waals surface area contributed by atoms with Crippen LogP contribution in [0.5, 0.6) is 5.75 Å². The van der Waals surface area contributed by atoms with Gasteiger partial charge in [0, 0.05) is 73.3 Å². The Morgan fingerprint density at radius 3 is 2.48 bits per heavy atom. The Labute approximate surface area is 389 Å². The molecule has 5 heterocycles. The number of ether oxygens (including phenoxy) is 1. The molecule has 0 radical (unpaired) electrons. The number of aromatic nitrogens is 4. The molecule has 66 heavy (non-hydrogen) atoms. The van der Waals surface area contributed by atoms with E-state index in [2.05, 4.69) is 55.5 Å². The number of aromatic amines is 1. The van der Waals surface area contributed by atoms with Crippen molar-refractivity contribution in [2.75, 3.05) is 57.3 Å². The molecule has 0 spiro atoms. The number of hydrogen-bond acceptors (Lipinski definition) is 11. The zero-order valence-corrected chi connectivity index (χ0v) is 38.8. The third-order valence-corrected chi connectivity index (χ3v) is 15.5. The van der Waals surface area contributed by atoms with E-state index in [1.54, 1.807) is 23.1 Å². The van der Waals surface area contributed by atoms with Crippen LogP contribution < -0.4 is 14.4 Å². The van der Waals surface area contributed by atoms with Crippen LogP contribution in [0.3, 0.4) is 0 Å². The third kappa shape index (κ3) is 9.28. The number of carbonyl (C=O) groups excluding carboxylic acids is 1. The Bertz CT molecular complexity index is 2960. The summed E-state index contributed by atoms with van der Waals surface area (Å²) in [4.78, 5) is 41.7. The number of anilines is 1. The number of nitrogens with one attached hydrogen (secondary N) is 2. The topological polar surface area (TPSA) is 172 Å². The molecule has 17 heteroatoms. The molecule has 344 valence electrons. The molecule has 4 aliphatic rings. The third-order valence-electron chi connectivity index (χ3n) is 13.9. The summed E-state index contributed by atoms with van der Waals surface area (Å²) in [5.74, 6) is -0.664. The number of halogens is 1. The quantitative estimate of drug-likeness (QED) is 0.0839. The first-order valence-corrected chi connectivity index (χ1v) is 24.8. The standard InChI is InChI=1S/C49H54ClN9O6S/c1-49(2)17-13-35(41(28-49)33-3-5-36(50)6-4-33)30-55-21-23-57(24-22-55)38-9-11-40(43(26-38)58-44-25-34-14-18-51-47(34)53-42(44)29-52-58)48(60)54-66(63,64)39-10-12-46(45(27-39)59(61)62)65-31-32-15-19-56(20-16-32)37-7-8-37/h3-6,9-12,14,18,25-27,29,32,37,52H,7-8,13,15-17,19-24,28,30-31H2,1-2H3,(H,54,60). The van der Waals surface area contributed by atoms with E-state index in [1.165, 1.54) is 41.7 Å². The Balaban J connectivity index is 0.888. The average molecular weight is 933 g/mol. The predicted molar refractivity (Wildman–Crippen MR) is 256 cm³/mol. The number of nitrogens with zero attached hydrogens (tertiary/aromatic N) is 7. The van der Waals surface area contributed by atoms with Gasteiger partial charge in [0.2, 0.25) is 0 Å². The van der Waals surface area contributed by atoms with Gasteiger partial charge >= 0.3 is 5.69 Å². The molecule has 6 aromatic rings. The number of hydrogen-bond donors (Lipinski definition) is 2. The summed E-state index contributed by atoms with van der Waals surface area (Å²) in [6, 6.07) is 21.5. The van der Waals surface area contributed by atoms with E-state index in [9.17, 15) is 23.3 Å². The van der Waals surface area contributed by atoms with Crippen molar-refractivity contribution in [3.8, 4) is 11.4 Å². The molecule has 3 aromatic heterocycles. The first-order valence-electron chi connectivity index (χ1n) is 22.9. The van der Waals surface area contributed by atoms with Gasteiger partial charge in [-0.1, -0.05) is 43.2 Å². The number of fused-ring (bicyclic) bond motifs is 2. The molecule has 2 aliphatic carbocycles. The highest BCUT2D eigenvalue weighted by molar-refractivity contribution is 7.90. The Morgan fingerprint density at radius 1 is 0.970 bits per heavy atom. The fourth-order valence-electron chi connectivity index (χ4n) is 9.90. The van der Waals surface area contributed by atoms with Crippen LogP contribution in [0.25, 0.3) is 33.3 Å². The number of pyridine rings is 1. The number of amides is 1. The normalized spacial score (nSPS) is 18.9. The van der Waals surface area contributed by atoms with Crippen molar-refractivity contribution in [2.24, 2.45) is 11.3 Å². The highest BCUT2D eigenvalue weighted by atomic mass is 35.5. The lowest BCUT2D eigenvalue weighted by molar-refractivity contribution is -0.386. The largest absolute Gasteiger partial charge is 0.487 e. The number of sulfonamides is 1. The zero-order valence-electron chi connectivity index (χ0n) is 37.2. The van der Waals surface area contributed by atoms with Crippen LogP contribution in [-0.4, -0.2) is 107 Å². The fraction of sp³-hybridized carbons (Fsp3) is 0.408. The van der Waals surface area contributed by atoms with Crippen molar-refractivity contribution in [1.82, 2.24) is 34.3 Å². The van der Waals surface area contributed by atoms with Gasteiger partial charge in [0.15, 0.2) is 11.4 Å². The predicted octanol–water partition coefficient (Wildman–Crippen LogP) is 8.62. The molecular formula is C49H54ClN9O6S. The first kappa shape index (κ1) is 44.0. The number of piperazine rings is 1. The van der Waals surface area contributed by atoms with Crippen LogP contribution in [-0.2, 0) is 10.0 Å². The number of H-pyrrole nitrogens is 1. The SMILES string of the molecule is CC1(C)CCC(CN2CCN(c3ccc(C(=O)NS(=O)(=O)c4ccc(OCC5CCN(C6CC6)CC5)c([N+](=O)[O-])c4)c(-n4[nH]cc5nc6nccc6cc54)c3)CC2)=C(c2ccc(Cl)cc2)C1. The lowest BCUT2D eigenvalue weighted by Gasteiger charge is -2.39. The fourth-order valence-corrected chi connectivity index (χ4v) is 11.0. The summed E-state index contributed by atoms with van der Waals surface area (Å²) >= 11 is 6.26. The number of rotatable bonds is 13. The average Bonchev–Trinajstić information content (AvgIpc) is 3.93. The minimum absolute atomic E-state index is 0.0100. The van der Waals surface area contributed by atoms with E-state index >= 15 is 0 Å². The van der Waals surface area contributed by atoms with Gasteiger partial charge < -0.3 is 14.5 Å². The lowest BCUT2D eigenvalue weighted by Crippen LogP contribution is -2.47. The number of nitro benzene ring substituents is 1. The van der Waals surface area contributed by atoms with Gasteiger partial charge in [-0.05, 0) is 135 Å². The van der Waals surface area contributed by atoms with Gasteiger partial charge in [-0.15, -0.1) is 0 Å². The van der Waals surface area contributed by atoms with Crippen molar-refractivity contribution < 1.29 is 22.9 Å². The molecule has 1 amide bonds. The van der Waals surface area contributed by atoms with E-state index in [-0.39, 0.29) is 22.6 Å². The maximum atomic E-state index is 14.3. The summed E-state index contributed by atoms with van der Waals surface area (Å²) in [5.41, 5.74) is 7.05. The number of piperidine rings is 1. The first-order chi connectivity index (χ1) is 31.8. The van der Waals surface area contributed by atoms with Gasteiger partial charge in [-0.3, -0.25) is 29.6 Å².